The van der Waals surface area contributed by atoms with Gasteiger partial charge in [-0.2, -0.15) is 0 Å². The first kappa shape index (κ1) is 20.2. The third-order valence-electron chi connectivity index (χ3n) is 4.22. The summed E-state index contributed by atoms with van der Waals surface area (Å²) in [5.41, 5.74) is 7.55. The highest BCUT2D eigenvalue weighted by Crippen LogP contribution is 2.06. The van der Waals surface area contributed by atoms with Crippen LogP contribution in [0.2, 0.25) is 0 Å². The van der Waals surface area contributed by atoms with Crippen molar-refractivity contribution in [1.82, 2.24) is 15.5 Å². The summed E-state index contributed by atoms with van der Waals surface area (Å²) in [6.45, 7) is 8.67. The van der Waals surface area contributed by atoms with Crippen molar-refractivity contribution in [1.29, 1.82) is 0 Å². The van der Waals surface area contributed by atoms with Gasteiger partial charge in [0.2, 0.25) is 0 Å². The van der Waals surface area contributed by atoms with Gasteiger partial charge in [-0.3, -0.25) is 9.69 Å². The Labute approximate surface area is 156 Å². The lowest BCUT2D eigenvalue weighted by atomic mass is 10.1. The molecule has 0 saturated carbocycles. The van der Waals surface area contributed by atoms with Gasteiger partial charge >= 0.3 is 0 Å². The zero-order valence-electron chi connectivity index (χ0n) is 15.7. The zero-order chi connectivity index (χ0) is 18.6. The quantitative estimate of drug-likeness (QED) is 0.346. The van der Waals surface area contributed by atoms with Crippen LogP contribution < -0.4 is 16.4 Å². The molecule has 0 unspecified atom stereocenters. The summed E-state index contributed by atoms with van der Waals surface area (Å²) in [5.74, 6) is 0.389. The average molecular weight is 361 g/mol. The molecule has 1 amide bonds. The van der Waals surface area contributed by atoms with Crippen LogP contribution in [0, 0.1) is 0 Å². The molecule has 1 aliphatic rings. The molecule has 7 nitrogen and oxygen atoms in total. The van der Waals surface area contributed by atoms with Crippen molar-refractivity contribution in [3.63, 3.8) is 0 Å². The van der Waals surface area contributed by atoms with Crippen LogP contribution in [-0.4, -0.2) is 62.7 Å². The molecule has 1 fully saturated rings. The Kier molecular flexibility index (Phi) is 8.92. The molecule has 0 aromatic heterocycles. The lowest BCUT2D eigenvalue weighted by molar-refractivity contribution is 0.0376. The van der Waals surface area contributed by atoms with Crippen LogP contribution in [0.5, 0.6) is 0 Å². The zero-order valence-corrected chi connectivity index (χ0v) is 15.7. The normalized spacial score (nSPS) is 15.7. The summed E-state index contributed by atoms with van der Waals surface area (Å²) in [6, 6.07) is 7.50. The standard InChI is InChI=1S/C19H31N5O2/c1-2-7-21-18(25)17-6-3-5-16(14-17)15-23-19(20)22-8-4-9-24-10-12-26-13-11-24/h3,5-6,14H,2,4,7-13,15H2,1H3,(H,21,25)(H3,20,22,23). The fraction of sp³-hybridized carbons (Fsp3) is 0.579. The van der Waals surface area contributed by atoms with Gasteiger partial charge in [0, 0.05) is 31.7 Å². The molecule has 0 bridgehead atoms. The Hall–Kier alpha value is -2.12. The topological polar surface area (TPSA) is 92.0 Å². The molecule has 4 N–H and O–H groups in total. The molecule has 1 aliphatic heterocycles. The molecule has 0 aliphatic carbocycles. The molecule has 1 saturated heterocycles. The van der Waals surface area contributed by atoms with Crippen LogP contribution in [-0.2, 0) is 11.3 Å². The molecule has 2 rings (SSSR count). The molecule has 0 spiro atoms. The highest BCUT2D eigenvalue weighted by atomic mass is 16.5. The highest BCUT2D eigenvalue weighted by Gasteiger charge is 2.09. The van der Waals surface area contributed by atoms with E-state index in [0.29, 0.717) is 24.6 Å². The van der Waals surface area contributed by atoms with Crippen LogP contribution in [0.25, 0.3) is 0 Å². The molecule has 144 valence electrons. The molecule has 26 heavy (non-hydrogen) atoms. The lowest BCUT2D eigenvalue weighted by Gasteiger charge is -2.26. The maximum Gasteiger partial charge on any atom is 0.251 e. The fourth-order valence-corrected chi connectivity index (χ4v) is 2.73. The van der Waals surface area contributed by atoms with Crippen molar-refractivity contribution in [3.05, 3.63) is 35.4 Å². The minimum atomic E-state index is -0.0492. The molecule has 1 aromatic carbocycles. The number of morpholine rings is 1. The summed E-state index contributed by atoms with van der Waals surface area (Å²) in [4.78, 5) is 18.8. The van der Waals surface area contributed by atoms with E-state index < -0.39 is 0 Å². The van der Waals surface area contributed by atoms with Gasteiger partial charge in [0.15, 0.2) is 5.96 Å². The Bertz CT molecular complexity index is 585. The van der Waals surface area contributed by atoms with Gasteiger partial charge in [0.05, 0.1) is 19.8 Å². The number of guanidine groups is 1. The molecule has 7 heteroatoms. The third-order valence-corrected chi connectivity index (χ3v) is 4.22. The number of rotatable bonds is 9. The summed E-state index contributed by atoms with van der Waals surface area (Å²) in [6.07, 6.45) is 1.94. The monoisotopic (exact) mass is 361 g/mol. The summed E-state index contributed by atoms with van der Waals surface area (Å²) < 4.78 is 5.34. The summed E-state index contributed by atoms with van der Waals surface area (Å²) >= 11 is 0. The maximum atomic E-state index is 12.0. The Morgan fingerprint density at radius 2 is 2.08 bits per heavy atom. The van der Waals surface area contributed by atoms with Crippen molar-refractivity contribution in [2.75, 3.05) is 45.9 Å². The number of amides is 1. The van der Waals surface area contributed by atoms with Crippen LogP contribution in [0.3, 0.4) is 0 Å². The third kappa shape index (κ3) is 7.41. The minimum Gasteiger partial charge on any atom is -0.379 e. The van der Waals surface area contributed by atoms with Gasteiger partial charge in [-0.25, -0.2) is 4.99 Å². The first-order chi connectivity index (χ1) is 12.7. The number of hydrogen-bond donors (Lipinski definition) is 3. The van der Waals surface area contributed by atoms with Crippen molar-refractivity contribution in [3.8, 4) is 0 Å². The highest BCUT2D eigenvalue weighted by molar-refractivity contribution is 5.94. The van der Waals surface area contributed by atoms with Gasteiger partial charge in [-0.05, 0) is 37.1 Å². The first-order valence-corrected chi connectivity index (χ1v) is 9.40. The van der Waals surface area contributed by atoms with Crippen molar-refractivity contribution in [2.45, 2.75) is 26.3 Å². The molecule has 1 heterocycles. The lowest BCUT2D eigenvalue weighted by Crippen LogP contribution is -2.39. The second-order valence-corrected chi connectivity index (χ2v) is 6.39. The Morgan fingerprint density at radius 1 is 1.27 bits per heavy atom. The number of hydrogen-bond acceptors (Lipinski definition) is 4. The minimum absolute atomic E-state index is 0.0492. The number of aliphatic imine (C=N–C) groups is 1. The molecular weight excluding hydrogens is 330 g/mol. The maximum absolute atomic E-state index is 12.0. The van der Waals surface area contributed by atoms with Gasteiger partial charge in [0.1, 0.15) is 0 Å². The number of benzene rings is 1. The summed E-state index contributed by atoms with van der Waals surface area (Å²) in [5, 5.41) is 6.03. The van der Waals surface area contributed by atoms with Crippen molar-refractivity contribution >= 4 is 11.9 Å². The van der Waals surface area contributed by atoms with Gasteiger partial charge < -0.3 is 21.1 Å². The number of carbonyl (C=O) groups is 1. The van der Waals surface area contributed by atoms with Crippen molar-refractivity contribution in [2.24, 2.45) is 10.7 Å². The van der Waals surface area contributed by atoms with Crippen LogP contribution in [0.15, 0.2) is 29.3 Å². The van der Waals surface area contributed by atoms with Crippen LogP contribution in [0.1, 0.15) is 35.7 Å². The van der Waals surface area contributed by atoms with E-state index in [1.54, 1.807) is 0 Å². The van der Waals surface area contributed by atoms with Gasteiger partial charge in [-0.1, -0.05) is 19.1 Å². The van der Waals surface area contributed by atoms with E-state index >= 15 is 0 Å². The SMILES string of the molecule is CCCNC(=O)c1cccc(CN=C(N)NCCCN2CCOCC2)c1. The van der Waals surface area contributed by atoms with E-state index in [9.17, 15) is 4.79 Å². The van der Waals surface area contributed by atoms with Crippen LogP contribution >= 0.6 is 0 Å². The van der Waals surface area contributed by atoms with Gasteiger partial charge in [-0.15, -0.1) is 0 Å². The second kappa shape index (κ2) is 11.5. The number of carbonyl (C=O) groups excluding carboxylic acids is 1. The Balaban J connectivity index is 1.71. The molecular formula is C19H31N5O2. The predicted molar refractivity (Wildman–Crippen MR) is 104 cm³/mol. The molecule has 0 atom stereocenters. The van der Waals surface area contributed by atoms with E-state index in [2.05, 4.69) is 20.5 Å². The Morgan fingerprint density at radius 3 is 2.85 bits per heavy atom. The predicted octanol–water partition coefficient (Wildman–Crippen LogP) is 0.953. The largest absolute Gasteiger partial charge is 0.379 e. The first-order valence-electron chi connectivity index (χ1n) is 9.40. The van der Waals surface area contributed by atoms with Crippen LogP contribution in [0.4, 0.5) is 0 Å². The number of ether oxygens (including phenoxy) is 1. The number of nitrogens with zero attached hydrogens (tertiary/aromatic N) is 2. The van der Waals surface area contributed by atoms with E-state index in [4.69, 9.17) is 10.5 Å². The summed E-state index contributed by atoms with van der Waals surface area (Å²) in [7, 11) is 0. The van der Waals surface area contributed by atoms with Crippen molar-refractivity contribution < 1.29 is 9.53 Å². The number of nitrogens with two attached hydrogens (primary N) is 1. The van der Waals surface area contributed by atoms with E-state index in [1.807, 2.05) is 31.2 Å². The smallest absolute Gasteiger partial charge is 0.251 e. The number of nitrogens with one attached hydrogen (secondary N) is 2. The van der Waals surface area contributed by atoms with E-state index in [-0.39, 0.29) is 5.91 Å². The molecule has 1 aromatic rings. The fourth-order valence-electron chi connectivity index (χ4n) is 2.73. The molecule has 0 radical (unpaired) electrons. The van der Waals surface area contributed by atoms with E-state index in [0.717, 1.165) is 57.8 Å². The van der Waals surface area contributed by atoms with Gasteiger partial charge in [0.25, 0.3) is 5.91 Å². The second-order valence-electron chi connectivity index (χ2n) is 6.39. The van der Waals surface area contributed by atoms with E-state index in [1.165, 1.54) is 0 Å². The average Bonchev–Trinajstić information content (AvgIpc) is 2.69.